The van der Waals surface area contributed by atoms with E-state index in [4.69, 9.17) is 12.2 Å². The summed E-state index contributed by atoms with van der Waals surface area (Å²) in [5.41, 5.74) is 2.96. The molecule has 156 valence electrons. The summed E-state index contributed by atoms with van der Waals surface area (Å²) in [7, 11) is 4.16. The van der Waals surface area contributed by atoms with Crippen molar-refractivity contribution in [2.75, 3.05) is 27.2 Å². The number of nitrogens with one attached hydrogen (secondary N) is 1. The Bertz CT molecular complexity index is 986. The number of hydrogen-bond donors (Lipinski definition) is 1. The Balaban J connectivity index is 1.73. The number of rotatable bonds is 7. The van der Waals surface area contributed by atoms with Gasteiger partial charge >= 0.3 is 0 Å². The predicted octanol–water partition coefficient (Wildman–Crippen LogP) is 3.94. The molecule has 3 aromatic rings. The monoisotopic (exact) mass is 423 g/mol. The zero-order chi connectivity index (χ0) is 21.1. The Morgan fingerprint density at radius 2 is 1.90 bits per heavy atom. The van der Waals surface area contributed by atoms with Crippen molar-refractivity contribution in [1.82, 2.24) is 24.7 Å². The minimum absolute atomic E-state index is 0.0189. The van der Waals surface area contributed by atoms with Crippen LogP contribution in [0.3, 0.4) is 0 Å². The molecule has 2 aromatic heterocycles. The van der Waals surface area contributed by atoms with E-state index >= 15 is 0 Å². The second-order valence-electron chi connectivity index (χ2n) is 7.76. The van der Waals surface area contributed by atoms with Gasteiger partial charge in [-0.2, -0.15) is 0 Å². The molecule has 3 heterocycles. The number of benzene rings is 1. The van der Waals surface area contributed by atoms with E-state index in [-0.39, 0.29) is 17.9 Å². The van der Waals surface area contributed by atoms with Crippen LogP contribution in [0.2, 0.25) is 0 Å². The fraction of sp³-hybridized carbons (Fsp3) is 0.304. The maximum atomic E-state index is 13.5. The predicted molar refractivity (Wildman–Crippen MR) is 121 cm³/mol. The molecule has 0 saturated carbocycles. The number of hydrogen-bond acceptors (Lipinski definition) is 3. The van der Waals surface area contributed by atoms with Crippen LogP contribution in [0.1, 0.15) is 29.9 Å². The van der Waals surface area contributed by atoms with Crippen molar-refractivity contribution in [3.05, 3.63) is 84.2 Å². The summed E-state index contributed by atoms with van der Waals surface area (Å²) in [6, 6.07) is 16.6. The fourth-order valence-electron chi connectivity index (χ4n) is 4.00. The molecule has 1 fully saturated rings. The van der Waals surface area contributed by atoms with Crippen LogP contribution in [-0.2, 0) is 0 Å². The summed E-state index contributed by atoms with van der Waals surface area (Å²) < 4.78 is 15.6. The molecule has 0 bridgehead atoms. The number of halogens is 1. The Kier molecular flexibility index (Phi) is 6.11. The van der Waals surface area contributed by atoms with Crippen molar-refractivity contribution in [2.24, 2.45) is 0 Å². The van der Waals surface area contributed by atoms with Crippen molar-refractivity contribution in [3.8, 4) is 5.69 Å². The van der Waals surface area contributed by atoms with E-state index in [9.17, 15) is 4.39 Å². The molecule has 0 radical (unpaired) electrons. The molecule has 1 saturated heterocycles. The highest BCUT2D eigenvalue weighted by Gasteiger charge is 2.40. The normalized spacial score (nSPS) is 18.8. The molecule has 1 aromatic carbocycles. The molecule has 0 spiro atoms. The summed E-state index contributed by atoms with van der Waals surface area (Å²) in [4.78, 5) is 9.03. The lowest BCUT2D eigenvalue weighted by Gasteiger charge is -2.29. The smallest absolute Gasteiger partial charge is 0.170 e. The van der Waals surface area contributed by atoms with Gasteiger partial charge in [-0.15, -0.1) is 0 Å². The maximum Gasteiger partial charge on any atom is 0.170 e. The number of nitrogens with zero attached hydrogens (tertiary/aromatic N) is 4. The summed E-state index contributed by atoms with van der Waals surface area (Å²) in [6.45, 7) is 1.83. The number of thiocarbonyl (C=S) groups is 1. The maximum absolute atomic E-state index is 13.5. The SMILES string of the molecule is CN(C)CCCN1C(=S)N[C@@H](c2ccccn2)[C@H]1c1cccn1-c1ccc(F)cc1. The third kappa shape index (κ3) is 4.22. The Morgan fingerprint density at radius 1 is 1.10 bits per heavy atom. The number of pyridine rings is 1. The van der Waals surface area contributed by atoms with Gasteiger partial charge in [0, 0.05) is 30.3 Å². The lowest BCUT2D eigenvalue weighted by atomic mass is 10.0. The molecule has 0 unspecified atom stereocenters. The molecule has 0 amide bonds. The third-order valence-electron chi connectivity index (χ3n) is 5.39. The molecule has 4 rings (SSSR count). The first-order valence-corrected chi connectivity index (χ1v) is 10.5. The van der Waals surface area contributed by atoms with Crippen LogP contribution in [0.4, 0.5) is 4.39 Å². The summed E-state index contributed by atoms with van der Waals surface area (Å²) in [5, 5.41) is 4.23. The van der Waals surface area contributed by atoms with Gasteiger partial charge in [0.15, 0.2) is 5.11 Å². The van der Waals surface area contributed by atoms with Gasteiger partial charge in [0.1, 0.15) is 5.82 Å². The molecule has 30 heavy (non-hydrogen) atoms. The van der Waals surface area contributed by atoms with E-state index in [0.29, 0.717) is 0 Å². The van der Waals surface area contributed by atoms with E-state index in [1.165, 1.54) is 12.1 Å². The Hall–Kier alpha value is -2.77. The van der Waals surface area contributed by atoms with Gasteiger partial charge in [-0.3, -0.25) is 4.98 Å². The van der Waals surface area contributed by atoms with Gasteiger partial charge in [-0.25, -0.2) is 4.39 Å². The molecule has 1 aliphatic rings. The molecular formula is C23H26FN5S. The Morgan fingerprint density at radius 3 is 2.60 bits per heavy atom. The fourth-order valence-corrected chi connectivity index (χ4v) is 4.33. The first-order chi connectivity index (χ1) is 14.5. The summed E-state index contributed by atoms with van der Waals surface area (Å²) in [5.74, 6) is -0.243. The van der Waals surface area contributed by atoms with Gasteiger partial charge in [0.25, 0.3) is 0 Å². The van der Waals surface area contributed by atoms with Crippen molar-refractivity contribution < 1.29 is 4.39 Å². The van der Waals surface area contributed by atoms with Crippen LogP contribution >= 0.6 is 12.2 Å². The van der Waals surface area contributed by atoms with Gasteiger partial charge in [-0.1, -0.05) is 6.07 Å². The molecule has 7 heteroatoms. The van der Waals surface area contributed by atoms with Crippen LogP contribution in [-0.4, -0.2) is 51.6 Å². The van der Waals surface area contributed by atoms with E-state index < -0.39 is 0 Å². The van der Waals surface area contributed by atoms with Crippen LogP contribution < -0.4 is 5.32 Å². The number of aromatic nitrogens is 2. The highest BCUT2D eigenvalue weighted by Crippen LogP contribution is 2.39. The first-order valence-electron chi connectivity index (χ1n) is 10.1. The van der Waals surface area contributed by atoms with Gasteiger partial charge in [0.05, 0.1) is 17.8 Å². The van der Waals surface area contributed by atoms with Gasteiger partial charge < -0.3 is 19.7 Å². The van der Waals surface area contributed by atoms with E-state index in [1.54, 1.807) is 12.1 Å². The van der Waals surface area contributed by atoms with Gasteiger partial charge in [0.2, 0.25) is 0 Å². The van der Waals surface area contributed by atoms with E-state index in [2.05, 4.69) is 44.8 Å². The van der Waals surface area contributed by atoms with Crippen molar-refractivity contribution in [2.45, 2.75) is 18.5 Å². The quantitative estimate of drug-likeness (QED) is 0.583. The molecule has 1 aliphatic heterocycles. The largest absolute Gasteiger partial charge is 0.352 e. The van der Waals surface area contributed by atoms with Crippen molar-refractivity contribution in [1.29, 1.82) is 0 Å². The van der Waals surface area contributed by atoms with Crippen LogP contribution in [0.25, 0.3) is 5.69 Å². The zero-order valence-electron chi connectivity index (χ0n) is 17.2. The Labute approximate surface area is 182 Å². The van der Waals surface area contributed by atoms with Crippen LogP contribution in [0.5, 0.6) is 0 Å². The highest BCUT2D eigenvalue weighted by atomic mass is 32.1. The van der Waals surface area contributed by atoms with Crippen LogP contribution in [0.15, 0.2) is 67.0 Å². The van der Waals surface area contributed by atoms with Crippen LogP contribution in [0, 0.1) is 5.82 Å². The van der Waals surface area contributed by atoms with Gasteiger partial charge in [-0.05, 0) is 87.8 Å². The van der Waals surface area contributed by atoms with E-state index in [0.717, 1.165) is 41.7 Å². The van der Waals surface area contributed by atoms with Crippen molar-refractivity contribution in [3.63, 3.8) is 0 Å². The first kappa shape index (κ1) is 20.5. The molecule has 0 aliphatic carbocycles. The minimum Gasteiger partial charge on any atom is -0.352 e. The lowest BCUT2D eigenvalue weighted by molar-refractivity contribution is 0.286. The molecule has 1 N–H and O–H groups in total. The second kappa shape index (κ2) is 8.93. The molecule has 2 atom stereocenters. The van der Waals surface area contributed by atoms with Crippen molar-refractivity contribution >= 4 is 17.3 Å². The topological polar surface area (TPSA) is 36.3 Å². The molecular weight excluding hydrogens is 397 g/mol. The average molecular weight is 424 g/mol. The third-order valence-corrected chi connectivity index (χ3v) is 5.74. The summed E-state index contributed by atoms with van der Waals surface area (Å²) in [6.07, 6.45) is 4.82. The molecule has 5 nitrogen and oxygen atoms in total. The van der Waals surface area contributed by atoms with E-state index in [1.807, 2.05) is 36.7 Å². The minimum atomic E-state index is -0.243. The second-order valence-corrected chi connectivity index (χ2v) is 8.14. The highest BCUT2D eigenvalue weighted by molar-refractivity contribution is 7.80. The lowest BCUT2D eigenvalue weighted by Crippen LogP contribution is -2.32. The standard InChI is InChI=1S/C23H26FN5S/c1-27(2)14-6-16-29-22(21(26-23(29)30)19-7-3-4-13-25-19)20-8-5-15-28(20)18-11-9-17(24)10-12-18/h3-5,7-13,15,21-22H,6,14,16H2,1-2H3,(H,26,30)/t21-,22+/m0/s1. The summed E-state index contributed by atoms with van der Waals surface area (Å²) >= 11 is 5.74. The average Bonchev–Trinajstić information content (AvgIpc) is 3.34. The zero-order valence-corrected chi connectivity index (χ0v) is 18.0.